The van der Waals surface area contributed by atoms with Crippen LogP contribution in [0.25, 0.3) is 0 Å². The summed E-state index contributed by atoms with van der Waals surface area (Å²) in [5.41, 5.74) is 2.89. The third kappa shape index (κ3) is 11.6. The maximum absolute atomic E-state index is 12.6. The molecule has 0 aliphatic rings. The molecule has 60 heavy (non-hydrogen) atoms. The molecule has 2 heterocycles. The first-order valence-electron chi connectivity index (χ1n) is 17.2. The Morgan fingerprint density at radius 2 is 1.00 bits per heavy atom. The molecule has 6 rings (SSSR count). The molecule has 17 nitrogen and oxygen atoms in total. The molecule has 0 atom stereocenters. The highest BCUT2D eigenvalue weighted by Crippen LogP contribution is 2.31. The zero-order valence-corrected chi connectivity index (χ0v) is 34.9. The van der Waals surface area contributed by atoms with E-state index in [0.717, 1.165) is 19.9 Å². The fraction of sp³-hybridized carbons (Fsp3) is 0.154. The number of halogens is 2. The number of aliphatic hydroxyl groups is 1. The molecule has 0 aliphatic heterocycles. The molecule has 21 heteroatoms. The Kier molecular flexibility index (Phi) is 15.9. The van der Waals surface area contributed by atoms with Crippen LogP contribution in [0.15, 0.2) is 119 Å². The molecule has 4 aromatic carbocycles. The van der Waals surface area contributed by atoms with Crippen molar-refractivity contribution in [3.63, 3.8) is 0 Å². The highest BCUT2D eigenvalue weighted by molar-refractivity contribution is 7.89. The molecule has 0 radical (unpaired) electrons. The van der Waals surface area contributed by atoms with E-state index in [4.69, 9.17) is 33.4 Å². The second-order valence-corrected chi connectivity index (χ2v) is 17.6. The van der Waals surface area contributed by atoms with Gasteiger partial charge in [-0.3, -0.25) is 0 Å². The van der Waals surface area contributed by atoms with Gasteiger partial charge in [-0.25, -0.2) is 40.2 Å². The van der Waals surface area contributed by atoms with E-state index >= 15 is 0 Å². The summed E-state index contributed by atoms with van der Waals surface area (Å²) in [5, 5.41) is 30.4. The first-order valence-corrected chi connectivity index (χ1v) is 20.8. The molecule has 0 bridgehead atoms. The van der Waals surface area contributed by atoms with Gasteiger partial charge in [-0.1, -0.05) is 67.0 Å². The van der Waals surface area contributed by atoms with Gasteiger partial charge in [0.2, 0.25) is 31.9 Å². The number of aromatic nitrogens is 4. The van der Waals surface area contributed by atoms with Crippen LogP contribution in [0.1, 0.15) is 23.3 Å². The zero-order valence-electron chi connectivity index (χ0n) is 31.8. The maximum Gasteiger partial charge on any atom is 0.335 e. The van der Waals surface area contributed by atoms with Crippen LogP contribution in [-0.4, -0.2) is 89.8 Å². The summed E-state index contributed by atoms with van der Waals surface area (Å²) in [5.74, 6) is -0.0862. The summed E-state index contributed by atoms with van der Waals surface area (Å²) in [4.78, 5) is 28.0. The SMILES string of the molecule is C.CN(C)S(=O)(=O)c1ccccc1Nc1nc(Nc2ccc(C(=O)O)cc2)ncc1Cl.CN(C)S(=O)(=O)c1ccccc1Nc1nc(Nc2ccc(CO)cc2)ncc1Cl. The molecule has 0 amide bonds. The molecule has 0 saturated carbocycles. The van der Waals surface area contributed by atoms with Crippen molar-refractivity contribution >= 4 is 95.5 Å². The second kappa shape index (κ2) is 20.4. The summed E-state index contributed by atoms with van der Waals surface area (Å²) < 4.78 is 52.6. The number of carboxylic acids is 1. The average molecular weight is 898 g/mol. The molecular formula is C39H42Cl2N10O7S2. The number of carboxylic acid groups (broad SMARTS) is 1. The van der Waals surface area contributed by atoms with Gasteiger partial charge in [0, 0.05) is 39.6 Å². The van der Waals surface area contributed by atoms with Crippen LogP contribution < -0.4 is 21.3 Å². The van der Waals surface area contributed by atoms with Gasteiger partial charge < -0.3 is 31.5 Å². The van der Waals surface area contributed by atoms with Gasteiger partial charge >= 0.3 is 5.97 Å². The number of hydrogen-bond acceptors (Lipinski definition) is 14. The smallest absolute Gasteiger partial charge is 0.335 e. The molecule has 0 saturated heterocycles. The van der Waals surface area contributed by atoms with E-state index in [1.54, 1.807) is 72.8 Å². The number of carbonyl (C=O) groups is 1. The number of rotatable bonds is 14. The van der Waals surface area contributed by atoms with E-state index < -0.39 is 26.0 Å². The molecular weight excluding hydrogens is 856 g/mol. The van der Waals surface area contributed by atoms with Crippen molar-refractivity contribution in [2.24, 2.45) is 0 Å². The lowest BCUT2D eigenvalue weighted by Crippen LogP contribution is -2.23. The minimum Gasteiger partial charge on any atom is -0.478 e. The maximum atomic E-state index is 12.6. The van der Waals surface area contributed by atoms with Gasteiger partial charge in [-0.2, -0.15) is 9.97 Å². The summed E-state index contributed by atoms with van der Waals surface area (Å²) in [6.07, 6.45) is 2.79. The normalized spacial score (nSPS) is 11.2. The first-order chi connectivity index (χ1) is 28.0. The average Bonchev–Trinajstić information content (AvgIpc) is 3.21. The predicted octanol–water partition coefficient (Wildman–Crippen LogP) is 7.56. The number of benzene rings is 4. The third-order valence-electron chi connectivity index (χ3n) is 8.07. The molecule has 0 unspecified atom stereocenters. The summed E-state index contributed by atoms with van der Waals surface area (Å²) in [6.45, 7) is -0.0406. The van der Waals surface area contributed by atoms with E-state index in [1.807, 2.05) is 0 Å². The van der Waals surface area contributed by atoms with Gasteiger partial charge in [-0.15, -0.1) is 0 Å². The fourth-order valence-electron chi connectivity index (χ4n) is 4.92. The van der Waals surface area contributed by atoms with Crippen molar-refractivity contribution in [3.8, 4) is 0 Å². The highest BCUT2D eigenvalue weighted by Gasteiger charge is 2.23. The van der Waals surface area contributed by atoms with Crippen LogP contribution in [0, 0.1) is 0 Å². The lowest BCUT2D eigenvalue weighted by atomic mass is 10.2. The number of nitrogens with one attached hydrogen (secondary N) is 4. The van der Waals surface area contributed by atoms with Gasteiger partial charge in [0.1, 0.15) is 19.8 Å². The minimum absolute atomic E-state index is 0. The van der Waals surface area contributed by atoms with Crippen molar-refractivity contribution in [2.75, 3.05) is 49.5 Å². The highest BCUT2D eigenvalue weighted by atomic mass is 35.5. The largest absolute Gasteiger partial charge is 0.478 e. The van der Waals surface area contributed by atoms with Crippen LogP contribution in [0.3, 0.4) is 0 Å². The van der Waals surface area contributed by atoms with E-state index in [2.05, 4.69) is 41.2 Å². The number of para-hydroxylation sites is 2. The van der Waals surface area contributed by atoms with E-state index in [9.17, 15) is 21.6 Å². The molecule has 0 fully saturated rings. The first kappa shape index (κ1) is 46.8. The fourth-order valence-corrected chi connectivity index (χ4v) is 7.27. The molecule has 0 aliphatic carbocycles. The molecule has 0 spiro atoms. The number of nitrogens with zero attached hydrogens (tertiary/aromatic N) is 6. The standard InChI is InChI=1S/C19H18ClN5O4S.C19H20ClN5O3S.CH4/c1-25(2)30(28,29)16-6-4-3-5-15(16)23-17-14(20)11-21-19(24-17)22-13-9-7-12(8-10-13)18(26)27;1-25(2)29(27,28)17-6-4-3-5-16(17)23-18-15(20)11-21-19(24-18)22-14-9-7-13(12-26)8-10-14;/h3-11H,1-2H3,(H,26,27)(H2,21,22,23,24);3-11,26H,12H2,1-2H3,(H2,21,22,23,24);1H4. The summed E-state index contributed by atoms with van der Waals surface area (Å²) in [6, 6.07) is 26.1. The van der Waals surface area contributed by atoms with E-state index in [1.165, 1.54) is 64.8 Å². The lowest BCUT2D eigenvalue weighted by molar-refractivity contribution is 0.0697. The van der Waals surface area contributed by atoms with Crippen LogP contribution in [0.5, 0.6) is 0 Å². The minimum atomic E-state index is -3.69. The topological polar surface area (TPSA) is 232 Å². The number of aliphatic hydroxyl groups excluding tert-OH is 1. The van der Waals surface area contributed by atoms with Crippen LogP contribution in [-0.2, 0) is 26.7 Å². The molecule has 2 aromatic heterocycles. The van der Waals surface area contributed by atoms with Crippen molar-refractivity contribution in [1.29, 1.82) is 0 Å². The lowest BCUT2D eigenvalue weighted by Gasteiger charge is -2.16. The summed E-state index contributed by atoms with van der Waals surface area (Å²) in [7, 11) is -1.52. The van der Waals surface area contributed by atoms with Crippen LogP contribution in [0.2, 0.25) is 10.0 Å². The third-order valence-corrected chi connectivity index (χ3v) is 12.4. The monoisotopic (exact) mass is 896 g/mol. The molecule has 6 aromatic rings. The number of sulfonamides is 2. The van der Waals surface area contributed by atoms with Gasteiger partial charge in [0.05, 0.1) is 35.9 Å². The number of aromatic carboxylic acids is 1. The molecule has 316 valence electrons. The Bertz CT molecular complexity index is 2660. The Hall–Kier alpha value is -5.93. The second-order valence-electron chi connectivity index (χ2n) is 12.6. The predicted molar refractivity (Wildman–Crippen MR) is 234 cm³/mol. The Morgan fingerprint density at radius 1 is 0.617 bits per heavy atom. The number of hydrogen-bond donors (Lipinski definition) is 6. The Labute approximate surface area is 358 Å². The van der Waals surface area contributed by atoms with Crippen molar-refractivity contribution in [1.82, 2.24) is 28.5 Å². The van der Waals surface area contributed by atoms with Crippen LogP contribution >= 0.6 is 23.2 Å². The van der Waals surface area contributed by atoms with Crippen molar-refractivity contribution in [3.05, 3.63) is 131 Å². The summed E-state index contributed by atoms with van der Waals surface area (Å²) >= 11 is 12.4. The van der Waals surface area contributed by atoms with Crippen molar-refractivity contribution < 1.29 is 31.8 Å². The quantitative estimate of drug-likeness (QED) is 0.0619. The molecule has 6 N–H and O–H groups in total. The van der Waals surface area contributed by atoms with Gasteiger partial charge in [0.25, 0.3) is 0 Å². The van der Waals surface area contributed by atoms with Gasteiger partial charge in [0.15, 0.2) is 11.6 Å². The zero-order chi connectivity index (χ0) is 42.9. The Morgan fingerprint density at radius 3 is 1.37 bits per heavy atom. The van der Waals surface area contributed by atoms with E-state index in [0.29, 0.717) is 17.1 Å². The van der Waals surface area contributed by atoms with Gasteiger partial charge in [-0.05, 0) is 66.2 Å². The number of anilines is 8. The van der Waals surface area contributed by atoms with Crippen LogP contribution in [0.4, 0.5) is 46.3 Å². The van der Waals surface area contributed by atoms with Crippen molar-refractivity contribution in [2.45, 2.75) is 23.8 Å². The Balaban J connectivity index is 0.000000260. The van der Waals surface area contributed by atoms with E-state index in [-0.39, 0.29) is 63.0 Å².